The Hall–Kier alpha value is -3.78. The quantitative estimate of drug-likeness (QED) is 0.255. The molecule has 178 valence electrons. The predicted molar refractivity (Wildman–Crippen MR) is 135 cm³/mol. The molecule has 3 aromatic carbocycles. The molecule has 6 nitrogen and oxygen atoms in total. The molecular weight excluding hydrogens is 463 g/mol. The number of hydrogen-bond donors (Lipinski definition) is 1. The number of hydrogen-bond acceptors (Lipinski definition) is 5. The largest absolute Gasteiger partial charge is 0.350 e. The van der Waals surface area contributed by atoms with Crippen molar-refractivity contribution in [2.45, 2.75) is 31.6 Å². The normalized spacial score (nSPS) is 11.7. The standard InChI is InChI=1S/C27H25FN4O2S/c1-18(29-19(2)33)21-8-10-22(11-9-21)25(34)17-35-27-31-30-26(23-12-14-24(28)15-13-23)32(27)16-20-6-4-3-5-7-20/h3-15,18H,16-17H2,1-2H3,(H,29,33). The van der Waals surface area contributed by atoms with Gasteiger partial charge in [-0.05, 0) is 42.3 Å². The fraction of sp³-hybridized carbons (Fsp3) is 0.185. The molecule has 0 aliphatic carbocycles. The Balaban J connectivity index is 1.52. The van der Waals surface area contributed by atoms with Gasteiger partial charge in [0.1, 0.15) is 5.82 Å². The van der Waals surface area contributed by atoms with Gasteiger partial charge in [-0.2, -0.15) is 0 Å². The molecule has 0 radical (unpaired) electrons. The molecule has 1 atom stereocenters. The van der Waals surface area contributed by atoms with Crippen LogP contribution in [0.4, 0.5) is 4.39 Å². The van der Waals surface area contributed by atoms with Gasteiger partial charge in [-0.15, -0.1) is 10.2 Å². The molecule has 0 aliphatic heterocycles. The van der Waals surface area contributed by atoms with Crippen LogP contribution in [-0.4, -0.2) is 32.2 Å². The zero-order chi connectivity index (χ0) is 24.8. The van der Waals surface area contributed by atoms with Crippen LogP contribution in [0.1, 0.15) is 41.4 Å². The zero-order valence-electron chi connectivity index (χ0n) is 19.4. The number of thioether (sulfide) groups is 1. The van der Waals surface area contributed by atoms with Gasteiger partial charge in [-0.3, -0.25) is 14.2 Å². The monoisotopic (exact) mass is 488 g/mol. The van der Waals surface area contributed by atoms with Crippen molar-refractivity contribution in [2.24, 2.45) is 0 Å². The van der Waals surface area contributed by atoms with E-state index in [1.165, 1.54) is 30.8 Å². The van der Waals surface area contributed by atoms with Gasteiger partial charge in [0.25, 0.3) is 0 Å². The van der Waals surface area contributed by atoms with Crippen molar-refractivity contribution in [1.82, 2.24) is 20.1 Å². The second-order valence-electron chi connectivity index (χ2n) is 8.14. The van der Waals surface area contributed by atoms with Crippen LogP contribution in [0.5, 0.6) is 0 Å². The van der Waals surface area contributed by atoms with Gasteiger partial charge in [0.05, 0.1) is 18.3 Å². The van der Waals surface area contributed by atoms with Gasteiger partial charge < -0.3 is 5.32 Å². The maximum absolute atomic E-state index is 13.4. The summed E-state index contributed by atoms with van der Waals surface area (Å²) in [6.07, 6.45) is 0. The lowest BCUT2D eigenvalue weighted by Gasteiger charge is -2.13. The summed E-state index contributed by atoms with van der Waals surface area (Å²) in [5.41, 5.74) is 3.32. The van der Waals surface area contributed by atoms with Crippen LogP contribution >= 0.6 is 11.8 Å². The highest BCUT2D eigenvalue weighted by atomic mass is 32.2. The highest BCUT2D eigenvalue weighted by Gasteiger charge is 2.17. The van der Waals surface area contributed by atoms with E-state index in [9.17, 15) is 14.0 Å². The summed E-state index contributed by atoms with van der Waals surface area (Å²) in [6, 6.07) is 23.1. The summed E-state index contributed by atoms with van der Waals surface area (Å²) >= 11 is 1.32. The number of ketones is 1. The van der Waals surface area contributed by atoms with E-state index >= 15 is 0 Å². The number of benzene rings is 3. The number of Topliss-reactive ketones (excluding diaryl/α,β-unsaturated/α-hetero) is 1. The van der Waals surface area contributed by atoms with Crippen molar-refractivity contribution in [3.63, 3.8) is 0 Å². The first-order valence-corrected chi connectivity index (χ1v) is 12.2. The Morgan fingerprint density at radius 1 is 0.971 bits per heavy atom. The average Bonchev–Trinajstić information content (AvgIpc) is 3.25. The van der Waals surface area contributed by atoms with Crippen molar-refractivity contribution in [3.8, 4) is 11.4 Å². The highest BCUT2D eigenvalue weighted by molar-refractivity contribution is 7.99. The number of carbonyl (C=O) groups excluding carboxylic acids is 2. The molecule has 1 unspecified atom stereocenters. The number of halogens is 1. The third-order valence-corrected chi connectivity index (χ3v) is 6.45. The van der Waals surface area contributed by atoms with Crippen molar-refractivity contribution in [3.05, 3.63) is 101 Å². The number of rotatable bonds is 9. The first-order valence-electron chi connectivity index (χ1n) is 11.2. The molecule has 0 fully saturated rings. The van der Waals surface area contributed by atoms with E-state index in [0.29, 0.717) is 23.1 Å². The third-order valence-electron chi connectivity index (χ3n) is 5.49. The summed E-state index contributed by atoms with van der Waals surface area (Å²) < 4.78 is 15.4. The van der Waals surface area contributed by atoms with Crippen molar-refractivity contribution in [2.75, 3.05) is 5.75 Å². The first-order chi connectivity index (χ1) is 16.9. The molecule has 0 spiro atoms. The fourth-order valence-electron chi connectivity index (χ4n) is 3.68. The Labute approximate surface area is 207 Å². The van der Waals surface area contributed by atoms with Gasteiger partial charge >= 0.3 is 0 Å². The van der Waals surface area contributed by atoms with Gasteiger partial charge in [0.2, 0.25) is 5.91 Å². The molecule has 1 aromatic heterocycles. The lowest BCUT2D eigenvalue weighted by atomic mass is 10.0. The third kappa shape index (κ3) is 6.22. The van der Waals surface area contributed by atoms with E-state index in [1.807, 2.05) is 54.0 Å². The molecule has 1 heterocycles. The van der Waals surface area contributed by atoms with Crippen molar-refractivity contribution < 1.29 is 14.0 Å². The molecule has 1 N–H and O–H groups in total. The average molecular weight is 489 g/mol. The molecule has 0 aliphatic rings. The number of carbonyl (C=O) groups is 2. The van der Waals surface area contributed by atoms with Crippen LogP contribution in [0.15, 0.2) is 84.0 Å². The summed E-state index contributed by atoms with van der Waals surface area (Å²) in [4.78, 5) is 24.1. The molecule has 8 heteroatoms. The minimum absolute atomic E-state index is 0.0358. The summed E-state index contributed by atoms with van der Waals surface area (Å²) in [6.45, 7) is 3.89. The fourth-order valence-corrected chi connectivity index (χ4v) is 4.51. The summed E-state index contributed by atoms with van der Waals surface area (Å²) in [7, 11) is 0. The Bertz CT molecular complexity index is 1310. The molecule has 4 aromatic rings. The lowest BCUT2D eigenvalue weighted by Crippen LogP contribution is -2.23. The second kappa shape index (κ2) is 11.1. The Morgan fingerprint density at radius 3 is 2.31 bits per heavy atom. The van der Waals surface area contributed by atoms with Gasteiger partial charge in [-0.1, -0.05) is 66.4 Å². The van der Waals surface area contributed by atoms with Crippen LogP contribution < -0.4 is 5.32 Å². The smallest absolute Gasteiger partial charge is 0.217 e. The highest BCUT2D eigenvalue weighted by Crippen LogP contribution is 2.26. The van der Waals surface area contributed by atoms with Crippen LogP contribution in [0.25, 0.3) is 11.4 Å². The molecule has 0 bridgehead atoms. The molecule has 35 heavy (non-hydrogen) atoms. The van der Waals surface area contributed by atoms with E-state index in [4.69, 9.17) is 0 Å². The molecule has 0 saturated carbocycles. The van der Waals surface area contributed by atoms with Gasteiger partial charge in [0, 0.05) is 18.1 Å². The SMILES string of the molecule is CC(=O)NC(C)c1ccc(C(=O)CSc2nnc(-c3ccc(F)cc3)n2Cc2ccccc2)cc1. The van der Waals surface area contributed by atoms with Crippen molar-refractivity contribution in [1.29, 1.82) is 0 Å². The van der Waals surface area contributed by atoms with E-state index < -0.39 is 0 Å². The molecule has 0 saturated heterocycles. The van der Waals surface area contributed by atoms with Crippen LogP contribution in [-0.2, 0) is 11.3 Å². The predicted octanol–water partition coefficient (Wildman–Crippen LogP) is 5.30. The van der Waals surface area contributed by atoms with Crippen LogP contribution in [0.2, 0.25) is 0 Å². The topological polar surface area (TPSA) is 76.9 Å². The maximum atomic E-state index is 13.4. The van der Waals surface area contributed by atoms with E-state index in [-0.39, 0.29) is 29.3 Å². The summed E-state index contributed by atoms with van der Waals surface area (Å²) in [5.74, 6) is 0.345. The van der Waals surface area contributed by atoms with Gasteiger partial charge in [0.15, 0.2) is 16.8 Å². The van der Waals surface area contributed by atoms with Crippen molar-refractivity contribution >= 4 is 23.5 Å². The van der Waals surface area contributed by atoms with Gasteiger partial charge in [-0.25, -0.2) is 4.39 Å². The zero-order valence-corrected chi connectivity index (χ0v) is 20.3. The maximum Gasteiger partial charge on any atom is 0.217 e. The Morgan fingerprint density at radius 2 is 1.66 bits per heavy atom. The lowest BCUT2D eigenvalue weighted by molar-refractivity contribution is -0.119. The minimum atomic E-state index is -0.319. The van der Waals surface area contributed by atoms with E-state index in [2.05, 4.69) is 15.5 Å². The number of nitrogens with one attached hydrogen (secondary N) is 1. The second-order valence-corrected chi connectivity index (χ2v) is 9.08. The minimum Gasteiger partial charge on any atom is -0.350 e. The molecule has 4 rings (SSSR count). The Kier molecular flexibility index (Phi) is 7.72. The summed E-state index contributed by atoms with van der Waals surface area (Å²) in [5, 5.41) is 12.1. The van der Waals surface area contributed by atoms with Crippen LogP contribution in [0, 0.1) is 5.82 Å². The molecule has 1 amide bonds. The van der Waals surface area contributed by atoms with E-state index in [1.54, 1.807) is 24.3 Å². The van der Waals surface area contributed by atoms with Crippen LogP contribution in [0.3, 0.4) is 0 Å². The molecular formula is C27H25FN4O2S. The number of aromatic nitrogens is 3. The van der Waals surface area contributed by atoms with E-state index in [0.717, 1.165) is 16.7 Å². The number of nitrogens with zero attached hydrogens (tertiary/aromatic N) is 3. The first kappa shape index (κ1) is 24.3. The number of amides is 1.